The summed E-state index contributed by atoms with van der Waals surface area (Å²) in [7, 11) is 0. The molecule has 0 radical (unpaired) electrons. The standard InChI is InChI=1S/C11H16N2O3/c1-3-15-9-4-6-10(7-5-9)16-8(2)11(14)13-12/h4-8H,3,12H2,1-2H3,(H,13,14)/t8-/m0/s1. The van der Waals surface area contributed by atoms with Gasteiger partial charge in [0.25, 0.3) is 5.91 Å². The molecule has 1 aromatic rings. The van der Waals surface area contributed by atoms with Crippen LogP contribution in [0.15, 0.2) is 24.3 Å². The van der Waals surface area contributed by atoms with E-state index in [9.17, 15) is 4.79 Å². The molecular weight excluding hydrogens is 208 g/mol. The summed E-state index contributed by atoms with van der Waals surface area (Å²) >= 11 is 0. The second-order valence-electron chi connectivity index (χ2n) is 3.17. The van der Waals surface area contributed by atoms with Crippen molar-refractivity contribution in [3.63, 3.8) is 0 Å². The number of carbonyl (C=O) groups is 1. The molecule has 0 spiro atoms. The Hall–Kier alpha value is -1.75. The van der Waals surface area contributed by atoms with Gasteiger partial charge in [-0.2, -0.15) is 0 Å². The average molecular weight is 224 g/mol. The van der Waals surface area contributed by atoms with Gasteiger partial charge in [0.2, 0.25) is 0 Å². The third kappa shape index (κ3) is 3.43. The van der Waals surface area contributed by atoms with Gasteiger partial charge in [0.15, 0.2) is 6.10 Å². The highest BCUT2D eigenvalue weighted by atomic mass is 16.5. The molecule has 0 saturated heterocycles. The summed E-state index contributed by atoms with van der Waals surface area (Å²) in [6, 6.07) is 7.05. The number of nitrogens with one attached hydrogen (secondary N) is 1. The van der Waals surface area contributed by atoms with Crippen molar-refractivity contribution >= 4 is 5.91 Å². The van der Waals surface area contributed by atoms with Crippen LogP contribution in [0.2, 0.25) is 0 Å². The lowest BCUT2D eigenvalue weighted by atomic mass is 10.3. The van der Waals surface area contributed by atoms with Crippen LogP contribution in [-0.4, -0.2) is 18.6 Å². The van der Waals surface area contributed by atoms with Crippen LogP contribution in [0.25, 0.3) is 0 Å². The van der Waals surface area contributed by atoms with E-state index in [4.69, 9.17) is 15.3 Å². The minimum Gasteiger partial charge on any atom is -0.494 e. The van der Waals surface area contributed by atoms with Crippen LogP contribution in [0.3, 0.4) is 0 Å². The Labute approximate surface area is 94.5 Å². The van der Waals surface area contributed by atoms with Gasteiger partial charge in [-0.25, -0.2) is 5.84 Å². The molecule has 0 heterocycles. The van der Waals surface area contributed by atoms with Crippen LogP contribution >= 0.6 is 0 Å². The third-order valence-corrected chi connectivity index (χ3v) is 1.96. The van der Waals surface area contributed by atoms with E-state index in [0.717, 1.165) is 5.75 Å². The second-order valence-corrected chi connectivity index (χ2v) is 3.17. The molecule has 1 aromatic carbocycles. The molecule has 0 bridgehead atoms. The van der Waals surface area contributed by atoms with E-state index in [-0.39, 0.29) is 5.91 Å². The molecule has 3 N–H and O–H groups in total. The first-order valence-corrected chi connectivity index (χ1v) is 5.07. The molecule has 0 unspecified atom stereocenters. The molecule has 0 aliphatic rings. The first-order valence-electron chi connectivity index (χ1n) is 5.07. The topological polar surface area (TPSA) is 73.6 Å². The Bertz CT molecular complexity index is 338. The van der Waals surface area contributed by atoms with Gasteiger partial charge in [-0.1, -0.05) is 0 Å². The van der Waals surface area contributed by atoms with Crippen molar-refractivity contribution in [3.8, 4) is 11.5 Å². The third-order valence-electron chi connectivity index (χ3n) is 1.96. The van der Waals surface area contributed by atoms with Gasteiger partial charge in [0, 0.05) is 0 Å². The smallest absolute Gasteiger partial charge is 0.274 e. The molecule has 0 saturated carbocycles. The number of rotatable bonds is 5. The number of carbonyl (C=O) groups excluding carboxylic acids is 1. The van der Waals surface area contributed by atoms with Crippen LogP contribution in [0.1, 0.15) is 13.8 Å². The lowest BCUT2D eigenvalue weighted by molar-refractivity contribution is -0.127. The molecule has 0 aromatic heterocycles. The predicted octanol–water partition coefficient (Wildman–Crippen LogP) is 0.842. The highest BCUT2D eigenvalue weighted by Gasteiger charge is 2.12. The van der Waals surface area contributed by atoms with Crippen LogP contribution in [0.4, 0.5) is 0 Å². The van der Waals surface area contributed by atoms with Crippen molar-refractivity contribution < 1.29 is 14.3 Å². The molecule has 1 amide bonds. The average Bonchev–Trinajstić information content (AvgIpc) is 2.31. The summed E-state index contributed by atoms with van der Waals surface area (Å²) in [5.74, 6) is 5.99. The molecule has 16 heavy (non-hydrogen) atoms. The second kappa shape index (κ2) is 5.97. The number of benzene rings is 1. The van der Waals surface area contributed by atoms with Gasteiger partial charge in [-0.15, -0.1) is 0 Å². The molecule has 1 atom stereocenters. The van der Waals surface area contributed by atoms with Crippen molar-refractivity contribution in [2.75, 3.05) is 6.61 Å². The largest absolute Gasteiger partial charge is 0.494 e. The van der Waals surface area contributed by atoms with Gasteiger partial charge in [-0.3, -0.25) is 10.2 Å². The molecular formula is C11H16N2O3. The number of hydrogen-bond acceptors (Lipinski definition) is 4. The minimum atomic E-state index is -0.622. The number of nitrogens with two attached hydrogens (primary N) is 1. The van der Waals surface area contributed by atoms with Crippen LogP contribution < -0.4 is 20.7 Å². The summed E-state index contributed by atoms with van der Waals surface area (Å²) in [4.78, 5) is 11.1. The molecule has 0 aliphatic heterocycles. The van der Waals surface area contributed by atoms with E-state index >= 15 is 0 Å². The summed E-state index contributed by atoms with van der Waals surface area (Å²) in [6.07, 6.45) is -0.622. The monoisotopic (exact) mass is 224 g/mol. The summed E-state index contributed by atoms with van der Waals surface area (Å²) in [6.45, 7) is 4.16. The quantitative estimate of drug-likeness (QED) is 0.441. The zero-order valence-electron chi connectivity index (χ0n) is 9.40. The Balaban J connectivity index is 2.58. The van der Waals surface area contributed by atoms with Gasteiger partial charge < -0.3 is 9.47 Å². The van der Waals surface area contributed by atoms with Crippen LogP contribution in [0.5, 0.6) is 11.5 Å². The zero-order valence-corrected chi connectivity index (χ0v) is 9.40. The van der Waals surface area contributed by atoms with E-state index in [0.29, 0.717) is 12.4 Å². The SMILES string of the molecule is CCOc1ccc(O[C@@H](C)C(=O)NN)cc1. The molecule has 5 nitrogen and oxygen atoms in total. The van der Waals surface area contributed by atoms with E-state index in [1.807, 2.05) is 12.3 Å². The van der Waals surface area contributed by atoms with Crippen molar-refractivity contribution in [3.05, 3.63) is 24.3 Å². The number of amides is 1. The van der Waals surface area contributed by atoms with Gasteiger partial charge in [0.1, 0.15) is 11.5 Å². The van der Waals surface area contributed by atoms with Gasteiger partial charge in [0.05, 0.1) is 6.61 Å². The van der Waals surface area contributed by atoms with Crippen molar-refractivity contribution in [2.45, 2.75) is 20.0 Å². The number of ether oxygens (including phenoxy) is 2. The lowest BCUT2D eigenvalue weighted by Crippen LogP contribution is -2.40. The number of hydrogen-bond donors (Lipinski definition) is 2. The first-order chi connectivity index (χ1) is 7.67. The Morgan fingerprint density at radius 3 is 2.44 bits per heavy atom. The highest BCUT2D eigenvalue weighted by Crippen LogP contribution is 2.18. The normalized spacial score (nSPS) is 11.7. The van der Waals surface area contributed by atoms with Gasteiger partial charge in [-0.05, 0) is 38.1 Å². The van der Waals surface area contributed by atoms with Crippen molar-refractivity contribution in [2.24, 2.45) is 5.84 Å². The molecule has 1 rings (SSSR count). The molecule has 5 heteroatoms. The fourth-order valence-corrected chi connectivity index (χ4v) is 1.16. The minimum absolute atomic E-state index is 0.367. The van der Waals surface area contributed by atoms with Crippen molar-refractivity contribution in [1.82, 2.24) is 5.43 Å². The van der Waals surface area contributed by atoms with E-state index in [1.165, 1.54) is 0 Å². The Morgan fingerprint density at radius 1 is 1.38 bits per heavy atom. The van der Waals surface area contributed by atoms with Crippen LogP contribution in [0, 0.1) is 0 Å². The highest BCUT2D eigenvalue weighted by molar-refractivity contribution is 5.80. The van der Waals surface area contributed by atoms with E-state index < -0.39 is 6.10 Å². The molecule has 88 valence electrons. The lowest BCUT2D eigenvalue weighted by Gasteiger charge is -2.13. The maximum atomic E-state index is 11.1. The Kier molecular flexibility index (Phi) is 4.60. The fraction of sp³-hybridized carbons (Fsp3) is 0.364. The molecule has 0 fully saturated rings. The summed E-state index contributed by atoms with van der Waals surface area (Å²) in [5.41, 5.74) is 2.03. The van der Waals surface area contributed by atoms with E-state index in [2.05, 4.69) is 0 Å². The van der Waals surface area contributed by atoms with Crippen molar-refractivity contribution in [1.29, 1.82) is 0 Å². The van der Waals surface area contributed by atoms with Gasteiger partial charge >= 0.3 is 0 Å². The number of hydrazine groups is 1. The maximum Gasteiger partial charge on any atom is 0.274 e. The maximum absolute atomic E-state index is 11.1. The summed E-state index contributed by atoms with van der Waals surface area (Å²) < 4.78 is 10.6. The van der Waals surface area contributed by atoms with E-state index in [1.54, 1.807) is 31.2 Å². The molecule has 0 aliphatic carbocycles. The van der Waals surface area contributed by atoms with Crippen LogP contribution in [-0.2, 0) is 4.79 Å². The fourth-order valence-electron chi connectivity index (χ4n) is 1.16. The predicted molar refractivity (Wildman–Crippen MR) is 60.0 cm³/mol. The zero-order chi connectivity index (χ0) is 12.0. The first kappa shape index (κ1) is 12.3. The summed E-state index contributed by atoms with van der Waals surface area (Å²) in [5, 5.41) is 0. The Morgan fingerprint density at radius 2 is 1.94 bits per heavy atom.